The van der Waals surface area contributed by atoms with Gasteiger partial charge in [-0.2, -0.15) is 0 Å². The van der Waals surface area contributed by atoms with Crippen molar-refractivity contribution < 1.29 is 9.53 Å². The van der Waals surface area contributed by atoms with Crippen LogP contribution in [-0.2, 0) is 9.53 Å². The SMILES string of the molecule is CCCCCCCC(=O)OCCCCCC(Sc1ccccc1)Sc1ccccc1. The van der Waals surface area contributed by atoms with E-state index in [1.165, 1.54) is 29.1 Å². The van der Waals surface area contributed by atoms with Crippen LogP contribution in [0.3, 0.4) is 0 Å². The van der Waals surface area contributed by atoms with Gasteiger partial charge in [-0.3, -0.25) is 4.79 Å². The molecule has 0 N–H and O–H groups in total. The summed E-state index contributed by atoms with van der Waals surface area (Å²) in [6, 6.07) is 21.3. The Morgan fingerprint density at radius 1 is 0.767 bits per heavy atom. The van der Waals surface area contributed by atoms with Gasteiger partial charge in [-0.25, -0.2) is 0 Å². The summed E-state index contributed by atoms with van der Waals surface area (Å²) in [5.74, 6) is -0.0244. The Labute approximate surface area is 191 Å². The van der Waals surface area contributed by atoms with Gasteiger partial charge in [-0.1, -0.05) is 75.4 Å². The van der Waals surface area contributed by atoms with E-state index < -0.39 is 0 Å². The van der Waals surface area contributed by atoms with Crippen LogP contribution in [0.2, 0.25) is 0 Å². The number of benzene rings is 2. The molecule has 0 amide bonds. The highest BCUT2D eigenvalue weighted by molar-refractivity contribution is 8.17. The lowest BCUT2D eigenvalue weighted by Gasteiger charge is -2.16. The van der Waals surface area contributed by atoms with Crippen LogP contribution in [0, 0.1) is 0 Å². The quantitative estimate of drug-likeness (QED) is 0.112. The van der Waals surface area contributed by atoms with Crippen molar-refractivity contribution in [2.75, 3.05) is 6.61 Å². The maximum absolute atomic E-state index is 11.8. The monoisotopic (exact) mass is 444 g/mol. The molecule has 2 aromatic rings. The highest BCUT2D eigenvalue weighted by Gasteiger charge is 2.12. The second-order valence-electron chi connectivity index (χ2n) is 7.53. The number of rotatable bonds is 16. The van der Waals surface area contributed by atoms with E-state index in [0.29, 0.717) is 17.6 Å². The van der Waals surface area contributed by atoms with Crippen molar-refractivity contribution in [3.05, 3.63) is 60.7 Å². The Hall–Kier alpha value is -1.39. The molecule has 0 aliphatic heterocycles. The van der Waals surface area contributed by atoms with Gasteiger partial charge in [-0.15, -0.1) is 23.5 Å². The Balaban J connectivity index is 1.63. The van der Waals surface area contributed by atoms with Crippen LogP contribution in [-0.4, -0.2) is 17.2 Å². The van der Waals surface area contributed by atoms with Crippen LogP contribution in [0.15, 0.2) is 70.5 Å². The predicted molar refractivity (Wildman–Crippen MR) is 131 cm³/mol. The molecule has 0 bridgehead atoms. The van der Waals surface area contributed by atoms with Crippen molar-refractivity contribution >= 4 is 29.5 Å². The number of thioether (sulfide) groups is 2. The molecule has 2 nitrogen and oxygen atoms in total. The van der Waals surface area contributed by atoms with E-state index in [9.17, 15) is 4.79 Å². The number of hydrogen-bond donors (Lipinski definition) is 0. The molecular formula is C26H36O2S2. The first kappa shape index (κ1) is 24.9. The number of carbonyl (C=O) groups excluding carboxylic acids is 1. The van der Waals surface area contributed by atoms with Crippen molar-refractivity contribution in [3.8, 4) is 0 Å². The van der Waals surface area contributed by atoms with Crippen molar-refractivity contribution in [1.82, 2.24) is 0 Å². The fraction of sp³-hybridized carbons (Fsp3) is 0.500. The summed E-state index contributed by atoms with van der Waals surface area (Å²) in [4.78, 5) is 14.4. The largest absolute Gasteiger partial charge is 0.466 e. The molecule has 2 rings (SSSR count). The molecule has 0 aliphatic carbocycles. The average molecular weight is 445 g/mol. The topological polar surface area (TPSA) is 26.3 Å². The number of unbranched alkanes of at least 4 members (excludes halogenated alkanes) is 6. The molecule has 0 radical (unpaired) electrons. The molecule has 30 heavy (non-hydrogen) atoms. The maximum Gasteiger partial charge on any atom is 0.305 e. The smallest absolute Gasteiger partial charge is 0.305 e. The number of hydrogen-bond acceptors (Lipinski definition) is 4. The van der Waals surface area contributed by atoms with E-state index in [1.807, 2.05) is 23.5 Å². The summed E-state index contributed by atoms with van der Waals surface area (Å²) in [7, 11) is 0. The minimum absolute atomic E-state index is 0.0244. The molecule has 0 aliphatic rings. The minimum atomic E-state index is -0.0244. The van der Waals surface area contributed by atoms with E-state index in [0.717, 1.165) is 38.5 Å². The fourth-order valence-electron chi connectivity index (χ4n) is 3.16. The summed E-state index contributed by atoms with van der Waals surface area (Å²) in [5.41, 5.74) is 0. The van der Waals surface area contributed by atoms with Gasteiger partial charge in [-0.05, 0) is 49.9 Å². The lowest BCUT2D eigenvalue weighted by Crippen LogP contribution is -2.06. The van der Waals surface area contributed by atoms with Crippen molar-refractivity contribution in [1.29, 1.82) is 0 Å². The van der Waals surface area contributed by atoms with Crippen molar-refractivity contribution in [2.24, 2.45) is 0 Å². The first-order chi connectivity index (χ1) is 14.8. The van der Waals surface area contributed by atoms with Gasteiger partial charge >= 0.3 is 5.97 Å². The lowest BCUT2D eigenvalue weighted by molar-refractivity contribution is -0.143. The van der Waals surface area contributed by atoms with E-state index >= 15 is 0 Å². The molecule has 0 saturated heterocycles. The van der Waals surface area contributed by atoms with Crippen LogP contribution in [0.5, 0.6) is 0 Å². The van der Waals surface area contributed by atoms with Gasteiger partial charge in [0.05, 0.1) is 11.2 Å². The van der Waals surface area contributed by atoms with Gasteiger partial charge < -0.3 is 4.74 Å². The van der Waals surface area contributed by atoms with E-state index in [2.05, 4.69) is 67.6 Å². The molecule has 2 aromatic carbocycles. The third kappa shape index (κ3) is 11.7. The first-order valence-electron chi connectivity index (χ1n) is 11.4. The van der Waals surface area contributed by atoms with E-state index in [-0.39, 0.29) is 5.97 Å². The average Bonchev–Trinajstić information content (AvgIpc) is 2.77. The van der Waals surface area contributed by atoms with Crippen LogP contribution < -0.4 is 0 Å². The molecule has 4 heteroatoms. The van der Waals surface area contributed by atoms with Crippen molar-refractivity contribution in [3.63, 3.8) is 0 Å². The highest BCUT2D eigenvalue weighted by Crippen LogP contribution is 2.38. The summed E-state index contributed by atoms with van der Waals surface area (Å²) in [6.45, 7) is 2.77. The molecule has 0 aromatic heterocycles. The normalized spacial score (nSPS) is 11.0. The number of esters is 1. The summed E-state index contributed by atoms with van der Waals surface area (Å²) in [5, 5.41) is 0. The molecular weight excluding hydrogens is 408 g/mol. The Kier molecular flexibility index (Phi) is 13.5. The fourth-order valence-corrected chi connectivity index (χ4v) is 5.83. The molecule has 0 spiro atoms. The maximum atomic E-state index is 11.8. The third-order valence-corrected chi connectivity index (χ3v) is 7.52. The molecule has 0 saturated carbocycles. The summed E-state index contributed by atoms with van der Waals surface area (Å²) >= 11 is 3.89. The van der Waals surface area contributed by atoms with Crippen molar-refractivity contribution in [2.45, 2.75) is 85.5 Å². The third-order valence-electron chi connectivity index (χ3n) is 4.85. The van der Waals surface area contributed by atoms with Crippen LogP contribution in [0.1, 0.15) is 71.1 Å². The zero-order valence-corrected chi connectivity index (χ0v) is 19.9. The van der Waals surface area contributed by atoms with Gasteiger partial charge in [0.25, 0.3) is 0 Å². The highest BCUT2D eigenvalue weighted by atomic mass is 32.2. The Bertz CT molecular complexity index is 634. The Morgan fingerprint density at radius 3 is 1.93 bits per heavy atom. The minimum Gasteiger partial charge on any atom is -0.466 e. The van der Waals surface area contributed by atoms with Gasteiger partial charge in [0.15, 0.2) is 0 Å². The van der Waals surface area contributed by atoms with Crippen LogP contribution in [0.4, 0.5) is 0 Å². The Morgan fingerprint density at radius 2 is 1.33 bits per heavy atom. The molecule has 164 valence electrons. The lowest BCUT2D eigenvalue weighted by atomic mass is 10.1. The molecule has 0 fully saturated rings. The zero-order valence-electron chi connectivity index (χ0n) is 18.3. The second-order valence-corrected chi connectivity index (χ2v) is 10.4. The standard InChI is InChI=1S/C26H36O2S2/c1-2-3-4-5-13-20-25(27)28-22-15-8-14-21-26(29-23-16-9-6-10-17-23)30-24-18-11-7-12-19-24/h6-7,9-12,16-19,26H,2-5,8,13-15,20-22H2,1H3. The second kappa shape index (κ2) is 16.3. The summed E-state index contributed by atoms with van der Waals surface area (Å²) < 4.78 is 5.88. The zero-order chi connectivity index (χ0) is 21.3. The first-order valence-corrected chi connectivity index (χ1v) is 13.1. The number of ether oxygens (including phenoxy) is 1. The van der Waals surface area contributed by atoms with Crippen LogP contribution in [0.25, 0.3) is 0 Å². The predicted octanol–water partition coefficient (Wildman–Crippen LogP) is 8.36. The molecule has 0 heterocycles. The molecule has 0 unspecified atom stereocenters. The van der Waals surface area contributed by atoms with E-state index in [1.54, 1.807) is 0 Å². The number of carbonyl (C=O) groups is 1. The van der Waals surface area contributed by atoms with Gasteiger partial charge in [0, 0.05) is 16.2 Å². The van der Waals surface area contributed by atoms with Gasteiger partial charge in [0.1, 0.15) is 0 Å². The molecule has 0 atom stereocenters. The van der Waals surface area contributed by atoms with E-state index in [4.69, 9.17) is 4.74 Å². The van der Waals surface area contributed by atoms with Gasteiger partial charge in [0.2, 0.25) is 0 Å². The van der Waals surface area contributed by atoms with Crippen LogP contribution >= 0.6 is 23.5 Å². The summed E-state index contributed by atoms with van der Waals surface area (Å²) in [6.07, 6.45) is 10.8.